The van der Waals surface area contributed by atoms with Gasteiger partial charge in [-0.1, -0.05) is 25.1 Å². The average molecular weight is 397 g/mol. The second-order valence-electron chi connectivity index (χ2n) is 6.62. The molecule has 154 valence electrons. The van der Waals surface area contributed by atoms with E-state index in [4.69, 9.17) is 14.2 Å². The van der Waals surface area contributed by atoms with Crippen LogP contribution in [-0.2, 0) is 17.8 Å². The third-order valence-corrected chi connectivity index (χ3v) is 4.76. The first kappa shape index (κ1) is 20.5. The molecule has 1 heterocycles. The van der Waals surface area contributed by atoms with E-state index >= 15 is 0 Å². The van der Waals surface area contributed by atoms with Crippen molar-refractivity contribution < 1.29 is 19.0 Å². The number of hydrogen-bond donors (Lipinski definition) is 1. The second kappa shape index (κ2) is 9.32. The number of anilines is 1. The molecule has 0 unspecified atom stereocenters. The predicted octanol–water partition coefficient (Wildman–Crippen LogP) is 4.04. The number of benzene rings is 2. The van der Waals surface area contributed by atoms with Gasteiger partial charge in [-0.05, 0) is 36.6 Å². The van der Waals surface area contributed by atoms with Crippen molar-refractivity contribution in [2.45, 2.75) is 32.7 Å². The number of carbonyl (C=O) groups excluding carboxylic acids is 1. The number of amides is 1. The van der Waals surface area contributed by atoms with Crippen LogP contribution in [0.1, 0.15) is 25.3 Å². The topological polar surface area (TPSA) is 74.6 Å². The first-order valence-electron chi connectivity index (χ1n) is 9.65. The highest BCUT2D eigenvalue weighted by molar-refractivity contribution is 5.91. The van der Waals surface area contributed by atoms with E-state index in [1.165, 1.54) is 0 Å². The number of ether oxygens (including phenoxy) is 3. The maximum absolute atomic E-state index is 12.6. The van der Waals surface area contributed by atoms with Crippen molar-refractivity contribution in [3.8, 4) is 17.2 Å². The molecule has 0 bridgehead atoms. The number of aryl methyl sites for hydroxylation is 2. The van der Waals surface area contributed by atoms with Gasteiger partial charge in [0.2, 0.25) is 17.6 Å². The zero-order chi connectivity index (χ0) is 20.8. The predicted molar refractivity (Wildman–Crippen MR) is 113 cm³/mol. The Labute approximate surface area is 170 Å². The number of hydrogen-bond acceptors (Lipinski definition) is 5. The molecule has 0 saturated heterocycles. The van der Waals surface area contributed by atoms with Gasteiger partial charge in [0, 0.05) is 13.0 Å². The van der Waals surface area contributed by atoms with Crippen LogP contribution in [-0.4, -0.2) is 36.8 Å². The molecule has 3 rings (SSSR count). The van der Waals surface area contributed by atoms with Gasteiger partial charge in [-0.15, -0.1) is 0 Å². The molecular formula is C22H27N3O4. The monoisotopic (exact) mass is 397 g/mol. The standard InChI is InChI=1S/C22H27N3O4/c1-5-14-25-17-9-7-6-8-16(17)23-22(25)24-19(26)13-11-15-10-12-18(27-2)21(29-4)20(15)28-3/h6-10,12H,5,11,13-14H2,1-4H3,(H,23,24,26). The summed E-state index contributed by atoms with van der Waals surface area (Å²) in [6.45, 7) is 2.89. The summed E-state index contributed by atoms with van der Waals surface area (Å²) in [5.41, 5.74) is 2.77. The fourth-order valence-corrected chi connectivity index (χ4v) is 3.42. The van der Waals surface area contributed by atoms with Crippen LogP contribution >= 0.6 is 0 Å². The van der Waals surface area contributed by atoms with E-state index in [2.05, 4.69) is 17.2 Å². The molecular weight excluding hydrogens is 370 g/mol. The lowest BCUT2D eigenvalue weighted by molar-refractivity contribution is -0.116. The second-order valence-corrected chi connectivity index (χ2v) is 6.62. The van der Waals surface area contributed by atoms with Crippen molar-refractivity contribution in [2.24, 2.45) is 0 Å². The average Bonchev–Trinajstić information content (AvgIpc) is 3.08. The SMILES string of the molecule is CCCn1c(NC(=O)CCc2ccc(OC)c(OC)c2OC)nc2ccccc21. The van der Waals surface area contributed by atoms with Crippen LogP contribution < -0.4 is 19.5 Å². The Morgan fingerprint density at radius 1 is 1.03 bits per heavy atom. The minimum absolute atomic E-state index is 0.102. The van der Waals surface area contributed by atoms with E-state index in [1.54, 1.807) is 21.3 Å². The molecule has 7 heteroatoms. The Morgan fingerprint density at radius 2 is 1.79 bits per heavy atom. The van der Waals surface area contributed by atoms with Crippen LogP contribution in [0, 0.1) is 0 Å². The summed E-state index contributed by atoms with van der Waals surface area (Å²) in [4.78, 5) is 17.2. The molecule has 0 aliphatic carbocycles. The van der Waals surface area contributed by atoms with Gasteiger partial charge >= 0.3 is 0 Å². The van der Waals surface area contributed by atoms with Crippen LogP contribution in [0.15, 0.2) is 36.4 Å². The molecule has 0 saturated carbocycles. The number of carbonyl (C=O) groups is 1. The lowest BCUT2D eigenvalue weighted by atomic mass is 10.1. The molecule has 1 N–H and O–H groups in total. The molecule has 0 aliphatic rings. The molecule has 1 aromatic heterocycles. The summed E-state index contributed by atoms with van der Waals surface area (Å²) >= 11 is 0. The first-order valence-corrected chi connectivity index (χ1v) is 9.65. The summed E-state index contributed by atoms with van der Waals surface area (Å²) in [5.74, 6) is 2.17. The molecule has 2 aromatic carbocycles. The third kappa shape index (κ3) is 4.29. The number of aromatic nitrogens is 2. The quantitative estimate of drug-likeness (QED) is 0.590. The molecule has 7 nitrogen and oxygen atoms in total. The van der Waals surface area contributed by atoms with Crippen LogP contribution in [0.25, 0.3) is 11.0 Å². The molecule has 0 atom stereocenters. The summed E-state index contributed by atoms with van der Waals surface area (Å²) in [6, 6.07) is 11.6. The summed E-state index contributed by atoms with van der Waals surface area (Å²) in [5, 5.41) is 2.96. The van der Waals surface area contributed by atoms with Gasteiger partial charge in [-0.3, -0.25) is 10.1 Å². The highest BCUT2D eigenvalue weighted by Gasteiger charge is 2.17. The number of nitrogens with one attached hydrogen (secondary N) is 1. The minimum Gasteiger partial charge on any atom is -0.493 e. The van der Waals surface area contributed by atoms with Crippen molar-refractivity contribution in [2.75, 3.05) is 26.6 Å². The van der Waals surface area contributed by atoms with Crippen molar-refractivity contribution in [3.05, 3.63) is 42.0 Å². The van der Waals surface area contributed by atoms with Crippen molar-refractivity contribution in [1.82, 2.24) is 9.55 Å². The normalized spacial score (nSPS) is 10.8. The van der Waals surface area contributed by atoms with Crippen LogP contribution in [0.3, 0.4) is 0 Å². The lowest BCUT2D eigenvalue weighted by Crippen LogP contribution is -2.16. The smallest absolute Gasteiger partial charge is 0.227 e. The zero-order valence-electron chi connectivity index (χ0n) is 17.3. The van der Waals surface area contributed by atoms with Gasteiger partial charge in [0.05, 0.1) is 32.4 Å². The Bertz CT molecular complexity index is 997. The van der Waals surface area contributed by atoms with Crippen molar-refractivity contribution >= 4 is 22.9 Å². The number of methoxy groups -OCH3 is 3. The zero-order valence-corrected chi connectivity index (χ0v) is 17.3. The van der Waals surface area contributed by atoms with Gasteiger partial charge in [0.1, 0.15) is 0 Å². The van der Waals surface area contributed by atoms with E-state index in [-0.39, 0.29) is 5.91 Å². The minimum atomic E-state index is -0.102. The number of imidazole rings is 1. The fourth-order valence-electron chi connectivity index (χ4n) is 3.42. The number of nitrogens with zero attached hydrogens (tertiary/aromatic N) is 2. The van der Waals surface area contributed by atoms with Gasteiger partial charge in [-0.2, -0.15) is 0 Å². The van der Waals surface area contributed by atoms with E-state index < -0.39 is 0 Å². The highest BCUT2D eigenvalue weighted by Crippen LogP contribution is 2.40. The van der Waals surface area contributed by atoms with Crippen molar-refractivity contribution in [1.29, 1.82) is 0 Å². The van der Waals surface area contributed by atoms with Gasteiger partial charge in [-0.25, -0.2) is 4.98 Å². The summed E-state index contributed by atoms with van der Waals surface area (Å²) in [6.07, 6.45) is 1.75. The molecule has 0 radical (unpaired) electrons. The highest BCUT2D eigenvalue weighted by atomic mass is 16.5. The van der Waals surface area contributed by atoms with Gasteiger partial charge in [0.25, 0.3) is 0 Å². The van der Waals surface area contributed by atoms with E-state index in [0.29, 0.717) is 36.0 Å². The Hall–Kier alpha value is -3.22. The number of rotatable bonds is 9. The Kier molecular flexibility index (Phi) is 6.59. The molecule has 0 fully saturated rings. The first-order chi connectivity index (χ1) is 14.1. The molecule has 0 spiro atoms. The van der Waals surface area contributed by atoms with Crippen LogP contribution in [0.2, 0.25) is 0 Å². The van der Waals surface area contributed by atoms with E-state index in [0.717, 1.165) is 29.6 Å². The third-order valence-electron chi connectivity index (χ3n) is 4.76. The molecule has 3 aromatic rings. The van der Waals surface area contributed by atoms with Gasteiger partial charge < -0.3 is 18.8 Å². The lowest BCUT2D eigenvalue weighted by Gasteiger charge is -2.15. The van der Waals surface area contributed by atoms with Gasteiger partial charge in [0.15, 0.2) is 11.5 Å². The number of fused-ring (bicyclic) bond motifs is 1. The summed E-state index contributed by atoms with van der Waals surface area (Å²) in [7, 11) is 4.72. The van der Waals surface area contributed by atoms with Crippen molar-refractivity contribution in [3.63, 3.8) is 0 Å². The maximum Gasteiger partial charge on any atom is 0.227 e. The van der Waals surface area contributed by atoms with E-state index in [9.17, 15) is 4.79 Å². The van der Waals surface area contributed by atoms with Crippen LogP contribution in [0.5, 0.6) is 17.2 Å². The Balaban J connectivity index is 1.76. The Morgan fingerprint density at radius 3 is 2.48 bits per heavy atom. The fraction of sp³-hybridized carbons (Fsp3) is 0.364. The summed E-state index contributed by atoms with van der Waals surface area (Å²) < 4.78 is 18.3. The van der Waals surface area contributed by atoms with Crippen LogP contribution in [0.4, 0.5) is 5.95 Å². The van der Waals surface area contributed by atoms with E-state index in [1.807, 2.05) is 41.0 Å². The number of para-hydroxylation sites is 2. The maximum atomic E-state index is 12.6. The largest absolute Gasteiger partial charge is 0.493 e. The molecule has 1 amide bonds. The molecule has 29 heavy (non-hydrogen) atoms. The molecule has 0 aliphatic heterocycles.